The van der Waals surface area contributed by atoms with Crippen molar-refractivity contribution in [2.24, 2.45) is 0 Å². The molecule has 0 fully saturated rings. The van der Waals surface area contributed by atoms with Crippen LogP contribution in [0.15, 0.2) is 72.8 Å². The first kappa shape index (κ1) is 20.2. The molecule has 0 saturated heterocycles. The predicted molar refractivity (Wildman–Crippen MR) is 124 cm³/mol. The molecule has 1 N–H and O–H groups in total. The number of carbonyl (C=O) groups excluding carboxylic acids is 2. The minimum absolute atomic E-state index is 0.0154. The van der Waals surface area contributed by atoms with Crippen LogP contribution in [0.2, 0.25) is 0 Å². The number of anilines is 2. The van der Waals surface area contributed by atoms with Crippen LogP contribution in [0.1, 0.15) is 38.8 Å². The Hall–Kier alpha value is -3.05. The average Bonchev–Trinajstić information content (AvgIpc) is 3.22. The Morgan fingerprint density at radius 1 is 0.933 bits per heavy atom. The lowest BCUT2D eigenvalue weighted by Gasteiger charge is -2.17. The number of amides is 2. The van der Waals surface area contributed by atoms with Crippen molar-refractivity contribution < 1.29 is 9.59 Å². The number of thioether (sulfide) groups is 1. The van der Waals surface area contributed by atoms with Gasteiger partial charge in [-0.1, -0.05) is 37.3 Å². The van der Waals surface area contributed by atoms with Crippen LogP contribution in [0.25, 0.3) is 0 Å². The molecular weight excluding hydrogens is 392 g/mol. The van der Waals surface area contributed by atoms with Gasteiger partial charge in [-0.15, -0.1) is 0 Å². The highest BCUT2D eigenvalue weighted by molar-refractivity contribution is 7.98. The molecule has 152 valence electrons. The second-order valence-corrected chi connectivity index (χ2v) is 8.48. The maximum Gasteiger partial charge on any atom is 0.258 e. The van der Waals surface area contributed by atoms with E-state index in [-0.39, 0.29) is 11.8 Å². The molecule has 3 aromatic rings. The summed E-state index contributed by atoms with van der Waals surface area (Å²) in [6, 6.07) is 22.8. The molecule has 1 heterocycles. The molecule has 0 aliphatic carbocycles. The molecule has 30 heavy (non-hydrogen) atoms. The van der Waals surface area contributed by atoms with Crippen molar-refractivity contribution in [2.75, 3.05) is 22.5 Å². The molecule has 3 aromatic carbocycles. The maximum absolute atomic E-state index is 12.9. The summed E-state index contributed by atoms with van der Waals surface area (Å²) in [4.78, 5) is 27.2. The molecule has 0 atom stereocenters. The highest BCUT2D eigenvalue weighted by Gasteiger charge is 2.25. The minimum atomic E-state index is -0.155. The fourth-order valence-electron chi connectivity index (χ4n) is 3.58. The molecular formula is C25H24N2O2S. The first-order valence-electron chi connectivity index (χ1n) is 10.1. The number of fused-ring (bicyclic) bond motifs is 1. The van der Waals surface area contributed by atoms with Gasteiger partial charge in [0.05, 0.1) is 0 Å². The van der Waals surface area contributed by atoms with Crippen molar-refractivity contribution in [2.45, 2.75) is 19.1 Å². The average molecular weight is 417 g/mol. The largest absolute Gasteiger partial charge is 0.322 e. The van der Waals surface area contributed by atoms with Gasteiger partial charge in [-0.3, -0.25) is 9.59 Å². The number of rotatable bonds is 6. The van der Waals surface area contributed by atoms with E-state index < -0.39 is 0 Å². The Bertz CT molecular complexity index is 1050. The first-order chi connectivity index (χ1) is 14.7. The third-order valence-corrected chi connectivity index (χ3v) is 6.16. The van der Waals surface area contributed by atoms with Gasteiger partial charge in [0.25, 0.3) is 11.8 Å². The van der Waals surface area contributed by atoms with Crippen LogP contribution in [0.5, 0.6) is 0 Å². The van der Waals surface area contributed by atoms with E-state index in [1.165, 1.54) is 11.1 Å². The fraction of sp³-hybridized carbons (Fsp3) is 0.200. The van der Waals surface area contributed by atoms with Gasteiger partial charge in [-0.25, -0.2) is 0 Å². The second-order valence-electron chi connectivity index (χ2n) is 7.20. The number of nitrogens with one attached hydrogen (secondary N) is 1. The molecule has 0 unspecified atom stereocenters. The van der Waals surface area contributed by atoms with E-state index in [0.29, 0.717) is 23.4 Å². The summed E-state index contributed by atoms with van der Waals surface area (Å²) in [5.41, 5.74) is 5.31. The van der Waals surface area contributed by atoms with Gasteiger partial charge in [-0.2, -0.15) is 11.8 Å². The molecule has 0 radical (unpaired) electrons. The highest BCUT2D eigenvalue weighted by atomic mass is 32.2. The lowest BCUT2D eigenvalue weighted by molar-refractivity contribution is 0.0988. The van der Waals surface area contributed by atoms with Gasteiger partial charge in [-0.05, 0) is 65.8 Å². The SMILES string of the molecule is CCSCc1ccc(C(=O)Nc2ccc(C(=O)N3CCc4ccccc43)cc2)cc1. The van der Waals surface area contributed by atoms with E-state index in [4.69, 9.17) is 0 Å². The summed E-state index contributed by atoms with van der Waals surface area (Å²) >= 11 is 1.86. The molecule has 4 nitrogen and oxygen atoms in total. The standard InChI is InChI=1S/C25H24N2O2S/c1-2-30-17-18-7-9-20(10-8-18)24(28)26-22-13-11-21(12-14-22)25(29)27-16-15-19-5-3-4-6-23(19)27/h3-14H,2,15-17H2,1H3,(H,26,28). The van der Waals surface area contributed by atoms with Gasteiger partial charge in [0.2, 0.25) is 0 Å². The van der Waals surface area contributed by atoms with Crippen molar-refractivity contribution in [3.63, 3.8) is 0 Å². The van der Waals surface area contributed by atoms with Crippen LogP contribution in [-0.2, 0) is 12.2 Å². The fourth-order valence-corrected chi connectivity index (χ4v) is 4.21. The molecule has 5 heteroatoms. The number of hydrogen-bond acceptors (Lipinski definition) is 3. The van der Waals surface area contributed by atoms with Gasteiger partial charge >= 0.3 is 0 Å². The molecule has 1 aliphatic heterocycles. The molecule has 4 rings (SSSR count). The third kappa shape index (κ3) is 4.41. The van der Waals surface area contributed by atoms with E-state index in [1.807, 2.05) is 59.1 Å². The summed E-state index contributed by atoms with van der Waals surface area (Å²) in [6.07, 6.45) is 0.881. The predicted octanol–water partition coefficient (Wildman–Crippen LogP) is 5.39. The van der Waals surface area contributed by atoms with Crippen LogP contribution < -0.4 is 10.2 Å². The Balaban J connectivity index is 1.40. The normalized spacial score (nSPS) is 12.5. The zero-order chi connectivity index (χ0) is 20.9. The highest BCUT2D eigenvalue weighted by Crippen LogP contribution is 2.29. The molecule has 1 aliphatic rings. The minimum Gasteiger partial charge on any atom is -0.322 e. The van der Waals surface area contributed by atoms with Crippen molar-refractivity contribution in [3.05, 3.63) is 95.1 Å². The van der Waals surface area contributed by atoms with Crippen molar-refractivity contribution >= 4 is 35.0 Å². The smallest absolute Gasteiger partial charge is 0.258 e. The summed E-state index contributed by atoms with van der Waals surface area (Å²) in [6.45, 7) is 2.83. The Morgan fingerprint density at radius 2 is 1.63 bits per heavy atom. The van der Waals surface area contributed by atoms with Gasteiger partial charge < -0.3 is 10.2 Å². The molecule has 0 bridgehead atoms. The quantitative estimate of drug-likeness (QED) is 0.586. The Kier molecular flexibility index (Phi) is 6.19. The summed E-state index contributed by atoms with van der Waals surface area (Å²) in [7, 11) is 0. The number of nitrogens with zero attached hydrogens (tertiary/aromatic N) is 1. The van der Waals surface area contributed by atoms with Gasteiger partial charge in [0.15, 0.2) is 0 Å². The van der Waals surface area contributed by atoms with E-state index >= 15 is 0 Å². The van der Waals surface area contributed by atoms with Crippen molar-refractivity contribution in [3.8, 4) is 0 Å². The van der Waals surface area contributed by atoms with Crippen LogP contribution >= 0.6 is 11.8 Å². The van der Waals surface area contributed by atoms with Crippen LogP contribution in [0.4, 0.5) is 11.4 Å². The van der Waals surface area contributed by atoms with Crippen molar-refractivity contribution in [1.29, 1.82) is 0 Å². The zero-order valence-corrected chi connectivity index (χ0v) is 17.7. The molecule has 0 spiro atoms. The Labute approximate surface area is 181 Å². The van der Waals surface area contributed by atoms with E-state index in [0.717, 1.165) is 23.6 Å². The second kappa shape index (κ2) is 9.18. The molecule has 0 aromatic heterocycles. The van der Waals surface area contributed by atoms with E-state index in [1.54, 1.807) is 24.3 Å². The van der Waals surface area contributed by atoms with E-state index in [2.05, 4.69) is 18.3 Å². The molecule has 2 amide bonds. The molecule has 0 saturated carbocycles. The monoisotopic (exact) mass is 416 g/mol. The number of para-hydroxylation sites is 1. The number of carbonyl (C=O) groups is 2. The zero-order valence-electron chi connectivity index (χ0n) is 16.9. The lowest BCUT2D eigenvalue weighted by Crippen LogP contribution is -2.28. The van der Waals surface area contributed by atoms with E-state index in [9.17, 15) is 9.59 Å². The summed E-state index contributed by atoms with van der Waals surface area (Å²) in [5.74, 6) is 1.86. The summed E-state index contributed by atoms with van der Waals surface area (Å²) < 4.78 is 0. The van der Waals surface area contributed by atoms with Gasteiger partial charge in [0.1, 0.15) is 0 Å². The first-order valence-corrected chi connectivity index (χ1v) is 11.3. The maximum atomic E-state index is 12.9. The van der Waals surface area contributed by atoms with Crippen molar-refractivity contribution in [1.82, 2.24) is 0 Å². The van der Waals surface area contributed by atoms with Crippen LogP contribution in [0.3, 0.4) is 0 Å². The Morgan fingerprint density at radius 3 is 2.37 bits per heavy atom. The third-order valence-electron chi connectivity index (χ3n) is 5.21. The number of hydrogen-bond donors (Lipinski definition) is 1. The number of benzene rings is 3. The summed E-state index contributed by atoms with van der Waals surface area (Å²) in [5, 5.41) is 2.90. The van der Waals surface area contributed by atoms with Gasteiger partial charge in [0, 0.05) is 34.8 Å². The van der Waals surface area contributed by atoms with Crippen LogP contribution in [0, 0.1) is 0 Å². The van der Waals surface area contributed by atoms with Crippen LogP contribution in [-0.4, -0.2) is 24.1 Å². The topological polar surface area (TPSA) is 49.4 Å². The lowest BCUT2D eigenvalue weighted by atomic mass is 10.1.